The van der Waals surface area contributed by atoms with Crippen LogP contribution in [-0.4, -0.2) is 21.7 Å². The lowest BCUT2D eigenvalue weighted by Gasteiger charge is -2.10. The Morgan fingerprint density at radius 3 is 2.56 bits per heavy atom. The molecule has 1 heterocycles. The van der Waals surface area contributed by atoms with Crippen LogP contribution >= 0.6 is 11.6 Å². The van der Waals surface area contributed by atoms with Crippen LogP contribution < -0.4 is 10.6 Å². The first kappa shape index (κ1) is 18.5. The molecule has 1 aromatic heterocycles. The van der Waals surface area contributed by atoms with Crippen LogP contribution in [0.2, 0.25) is 5.02 Å². The van der Waals surface area contributed by atoms with Crippen LogP contribution in [0.25, 0.3) is 0 Å². The van der Waals surface area contributed by atoms with E-state index in [-0.39, 0.29) is 11.5 Å². The summed E-state index contributed by atoms with van der Waals surface area (Å²) >= 11 is 6.01. The molecular formula is C20H17ClN4O2. The molecule has 0 radical (unpaired) electrons. The Morgan fingerprint density at radius 2 is 1.85 bits per heavy atom. The summed E-state index contributed by atoms with van der Waals surface area (Å²) in [6, 6.07) is 12.2. The summed E-state index contributed by atoms with van der Waals surface area (Å²) in [7, 11) is 0. The maximum Gasteiger partial charge on any atom is 0.275 e. The number of hydrogen-bond donors (Lipinski definition) is 2. The zero-order chi connectivity index (χ0) is 19.4. The average Bonchev–Trinajstić information content (AvgIpc) is 2.65. The smallest absolute Gasteiger partial charge is 0.275 e. The summed E-state index contributed by atoms with van der Waals surface area (Å²) < 4.78 is 0. The summed E-state index contributed by atoms with van der Waals surface area (Å²) in [4.78, 5) is 32.1. The van der Waals surface area contributed by atoms with Crippen molar-refractivity contribution >= 4 is 40.5 Å². The molecule has 0 atom stereocenters. The Labute approximate surface area is 161 Å². The molecule has 0 spiro atoms. The maximum absolute atomic E-state index is 12.3. The average molecular weight is 381 g/mol. The molecule has 27 heavy (non-hydrogen) atoms. The van der Waals surface area contributed by atoms with Crippen molar-refractivity contribution in [3.8, 4) is 0 Å². The molecule has 7 heteroatoms. The molecule has 2 aromatic carbocycles. The predicted molar refractivity (Wildman–Crippen MR) is 106 cm³/mol. The molecule has 0 aliphatic carbocycles. The van der Waals surface area contributed by atoms with Gasteiger partial charge in [0.2, 0.25) is 0 Å². The molecule has 2 N–H and O–H groups in total. The van der Waals surface area contributed by atoms with Crippen molar-refractivity contribution in [3.63, 3.8) is 0 Å². The van der Waals surface area contributed by atoms with E-state index in [0.29, 0.717) is 22.1 Å². The van der Waals surface area contributed by atoms with Crippen LogP contribution in [0.4, 0.5) is 17.2 Å². The van der Waals surface area contributed by atoms with E-state index in [2.05, 4.69) is 20.6 Å². The van der Waals surface area contributed by atoms with Gasteiger partial charge in [-0.25, -0.2) is 9.97 Å². The number of anilines is 3. The SMILES string of the molecule is CC(=O)c1cccc(NC(=O)c2cnc(Nc3cc(Cl)ccc3C)cn2)c1. The standard InChI is InChI=1S/C20H17ClN4O2/c1-12-6-7-15(21)9-17(12)25-19-11-22-18(10-23-19)20(27)24-16-5-3-4-14(8-16)13(2)26/h3-11H,1-2H3,(H,23,25)(H,24,27). The van der Waals surface area contributed by atoms with E-state index >= 15 is 0 Å². The molecule has 0 fully saturated rings. The zero-order valence-corrected chi connectivity index (χ0v) is 15.5. The van der Waals surface area contributed by atoms with Gasteiger partial charge in [-0.3, -0.25) is 9.59 Å². The summed E-state index contributed by atoms with van der Waals surface area (Å²) in [6.45, 7) is 3.42. The number of hydrogen-bond acceptors (Lipinski definition) is 5. The minimum Gasteiger partial charge on any atom is -0.339 e. The lowest BCUT2D eigenvalue weighted by molar-refractivity contribution is 0.100. The second kappa shape index (κ2) is 7.97. The molecule has 3 aromatic rings. The summed E-state index contributed by atoms with van der Waals surface area (Å²) in [5.41, 5.74) is 3.03. The summed E-state index contributed by atoms with van der Waals surface area (Å²) in [5.74, 6) is 0.0156. The van der Waals surface area contributed by atoms with Gasteiger partial charge in [0.1, 0.15) is 11.5 Å². The van der Waals surface area contributed by atoms with E-state index in [9.17, 15) is 9.59 Å². The minimum atomic E-state index is -0.409. The number of rotatable bonds is 5. The summed E-state index contributed by atoms with van der Waals surface area (Å²) in [6.07, 6.45) is 2.85. The van der Waals surface area contributed by atoms with Crippen molar-refractivity contribution in [1.82, 2.24) is 9.97 Å². The Morgan fingerprint density at radius 1 is 1.04 bits per heavy atom. The molecule has 136 valence electrons. The first-order valence-corrected chi connectivity index (χ1v) is 8.58. The lowest BCUT2D eigenvalue weighted by atomic mass is 10.1. The van der Waals surface area contributed by atoms with Crippen LogP contribution in [0.15, 0.2) is 54.9 Å². The number of carbonyl (C=O) groups is 2. The number of carbonyl (C=O) groups excluding carboxylic acids is 2. The van der Waals surface area contributed by atoms with Crippen LogP contribution in [0.1, 0.15) is 33.3 Å². The quantitative estimate of drug-likeness (QED) is 0.630. The Bertz CT molecular complexity index is 1000. The molecule has 0 aliphatic heterocycles. The van der Waals surface area contributed by atoms with Crippen molar-refractivity contribution in [2.75, 3.05) is 10.6 Å². The third-order valence-corrected chi connectivity index (χ3v) is 4.11. The number of Topliss-reactive ketones (excluding diaryl/α,β-unsaturated/α-hetero) is 1. The third kappa shape index (κ3) is 4.68. The number of amides is 1. The van der Waals surface area contributed by atoms with Crippen LogP contribution in [-0.2, 0) is 0 Å². The fourth-order valence-electron chi connectivity index (χ4n) is 2.39. The lowest BCUT2D eigenvalue weighted by Crippen LogP contribution is -2.14. The second-order valence-corrected chi connectivity index (χ2v) is 6.40. The third-order valence-electron chi connectivity index (χ3n) is 3.87. The van der Waals surface area contributed by atoms with Gasteiger partial charge >= 0.3 is 0 Å². The highest BCUT2D eigenvalue weighted by atomic mass is 35.5. The molecule has 0 aliphatic rings. The van der Waals surface area contributed by atoms with Gasteiger partial charge in [-0.2, -0.15) is 0 Å². The van der Waals surface area contributed by atoms with Crippen molar-refractivity contribution in [2.45, 2.75) is 13.8 Å². The number of ketones is 1. The van der Waals surface area contributed by atoms with Gasteiger partial charge in [-0.15, -0.1) is 0 Å². The first-order chi connectivity index (χ1) is 12.9. The van der Waals surface area contributed by atoms with Crippen molar-refractivity contribution in [1.29, 1.82) is 0 Å². The number of nitrogens with one attached hydrogen (secondary N) is 2. The van der Waals surface area contributed by atoms with Crippen molar-refractivity contribution in [2.24, 2.45) is 0 Å². The molecule has 1 amide bonds. The zero-order valence-electron chi connectivity index (χ0n) is 14.8. The van der Waals surface area contributed by atoms with Gasteiger partial charge in [0.05, 0.1) is 12.4 Å². The van der Waals surface area contributed by atoms with Gasteiger partial charge < -0.3 is 10.6 Å². The van der Waals surface area contributed by atoms with Gasteiger partial charge in [-0.05, 0) is 43.7 Å². The topological polar surface area (TPSA) is 84.0 Å². The molecule has 0 bridgehead atoms. The highest BCUT2D eigenvalue weighted by Crippen LogP contribution is 2.23. The minimum absolute atomic E-state index is 0.0716. The van der Waals surface area contributed by atoms with Crippen molar-refractivity contribution < 1.29 is 9.59 Å². The maximum atomic E-state index is 12.3. The van der Waals surface area contributed by atoms with E-state index in [1.807, 2.05) is 19.1 Å². The first-order valence-electron chi connectivity index (χ1n) is 8.20. The Hall–Kier alpha value is -3.25. The van der Waals surface area contributed by atoms with Gasteiger partial charge in [-0.1, -0.05) is 29.8 Å². The molecular weight excluding hydrogens is 364 g/mol. The number of aromatic nitrogens is 2. The molecule has 0 saturated heterocycles. The van der Waals surface area contributed by atoms with E-state index in [1.54, 1.807) is 30.3 Å². The van der Waals surface area contributed by atoms with Crippen LogP contribution in [0.3, 0.4) is 0 Å². The van der Waals surface area contributed by atoms with Crippen LogP contribution in [0, 0.1) is 6.92 Å². The van der Waals surface area contributed by atoms with Gasteiger partial charge in [0, 0.05) is 22.0 Å². The van der Waals surface area contributed by atoms with Crippen LogP contribution in [0.5, 0.6) is 0 Å². The predicted octanol–water partition coefficient (Wildman–Crippen LogP) is 4.64. The molecule has 0 unspecified atom stereocenters. The fraction of sp³-hybridized carbons (Fsp3) is 0.100. The molecule has 3 rings (SSSR count). The number of nitrogens with zero attached hydrogens (tertiary/aromatic N) is 2. The number of benzene rings is 2. The fourth-order valence-corrected chi connectivity index (χ4v) is 2.56. The Balaban J connectivity index is 1.71. The van der Waals surface area contributed by atoms with E-state index in [1.165, 1.54) is 19.3 Å². The second-order valence-electron chi connectivity index (χ2n) is 5.96. The van der Waals surface area contributed by atoms with E-state index in [4.69, 9.17) is 11.6 Å². The highest BCUT2D eigenvalue weighted by Gasteiger charge is 2.10. The van der Waals surface area contributed by atoms with Crippen molar-refractivity contribution in [3.05, 3.63) is 76.7 Å². The Kier molecular flexibility index (Phi) is 5.47. The number of halogens is 1. The monoisotopic (exact) mass is 380 g/mol. The highest BCUT2D eigenvalue weighted by molar-refractivity contribution is 6.30. The molecule has 6 nitrogen and oxygen atoms in total. The summed E-state index contributed by atoms with van der Waals surface area (Å²) in [5, 5.41) is 6.44. The van der Waals surface area contributed by atoms with E-state index < -0.39 is 5.91 Å². The van der Waals surface area contributed by atoms with Gasteiger partial charge in [0.15, 0.2) is 5.78 Å². The number of aryl methyl sites for hydroxylation is 1. The van der Waals surface area contributed by atoms with Gasteiger partial charge in [0.25, 0.3) is 5.91 Å². The largest absolute Gasteiger partial charge is 0.339 e. The normalized spacial score (nSPS) is 10.3. The molecule has 0 saturated carbocycles. The van der Waals surface area contributed by atoms with E-state index in [0.717, 1.165) is 11.3 Å².